The number of rotatable bonds is 3. The van der Waals surface area contributed by atoms with E-state index in [0.717, 1.165) is 12.1 Å². The Kier molecular flexibility index (Phi) is 4.68. The molecule has 0 bridgehead atoms. The molecule has 1 atom stereocenters. The highest BCUT2D eigenvalue weighted by Gasteiger charge is 2.47. The second-order valence-corrected chi connectivity index (χ2v) is 5.74. The maximum Gasteiger partial charge on any atom is 0.417 e. The molecule has 1 saturated heterocycles. The SMILES string of the molecule is CCNC(=O)C1(C)CCCN1C(=O)c1ccccc1C(F)(F)F. The smallest absolute Gasteiger partial charge is 0.354 e. The predicted molar refractivity (Wildman–Crippen MR) is 78.8 cm³/mol. The quantitative estimate of drug-likeness (QED) is 0.927. The van der Waals surface area contributed by atoms with Gasteiger partial charge in [0.1, 0.15) is 5.54 Å². The minimum absolute atomic E-state index is 0.263. The summed E-state index contributed by atoms with van der Waals surface area (Å²) in [4.78, 5) is 26.2. The van der Waals surface area contributed by atoms with Crippen LogP contribution in [0.4, 0.5) is 13.2 Å². The molecule has 1 fully saturated rings. The Bertz CT molecular complexity index is 616. The molecule has 126 valence electrons. The molecule has 2 amide bonds. The van der Waals surface area contributed by atoms with E-state index in [1.807, 2.05) is 0 Å². The summed E-state index contributed by atoms with van der Waals surface area (Å²) >= 11 is 0. The number of amides is 2. The third-order valence-corrected chi connectivity index (χ3v) is 4.18. The summed E-state index contributed by atoms with van der Waals surface area (Å²) in [6.45, 7) is 4.01. The maximum absolute atomic E-state index is 13.1. The number of halogens is 3. The number of likely N-dealkylation sites (N-methyl/N-ethyl adjacent to an activating group) is 1. The van der Waals surface area contributed by atoms with Gasteiger partial charge in [-0.2, -0.15) is 13.2 Å². The molecule has 4 nitrogen and oxygen atoms in total. The Morgan fingerprint density at radius 2 is 1.96 bits per heavy atom. The van der Waals surface area contributed by atoms with Gasteiger partial charge in [-0.1, -0.05) is 12.1 Å². The third kappa shape index (κ3) is 3.18. The van der Waals surface area contributed by atoms with Crippen LogP contribution in [0.1, 0.15) is 42.6 Å². The van der Waals surface area contributed by atoms with Crippen molar-refractivity contribution in [2.24, 2.45) is 0 Å². The van der Waals surface area contributed by atoms with Gasteiger partial charge >= 0.3 is 6.18 Å². The molecule has 0 aromatic heterocycles. The van der Waals surface area contributed by atoms with E-state index in [1.54, 1.807) is 13.8 Å². The van der Waals surface area contributed by atoms with Crippen LogP contribution in [0.2, 0.25) is 0 Å². The number of nitrogens with one attached hydrogen (secondary N) is 1. The molecule has 0 saturated carbocycles. The first-order valence-corrected chi connectivity index (χ1v) is 7.48. The number of hydrogen-bond acceptors (Lipinski definition) is 2. The zero-order chi connectivity index (χ0) is 17.3. The van der Waals surface area contributed by atoms with Crippen molar-refractivity contribution in [3.8, 4) is 0 Å². The monoisotopic (exact) mass is 328 g/mol. The van der Waals surface area contributed by atoms with Gasteiger partial charge in [0.25, 0.3) is 5.91 Å². The van der Waals surface area contributed by atoms with Crippen molar-refractivity contribution in [1.82, 2.24) is 10.2 Å². The van der Waals surface area contributed by atoms with Crippen LogP contribution < -0.4 is 5.32 Å². The van der Waals surface area contributed by atoms with Gasteiger partial charge in [0.2, 0.25) is 5.91 Å². The molecule has 1 aliphatic heterocycles. The first-order chi connectivity index (χ1) is 10.7. The number of hydrogen-bond donors (Lipinski definition) is 1. The number of benzene rings is 1. The van der Waals surface area contributed by atoms with Crippen molar-refractivity contribution in [2.75, 3.05) is 13.1 Å². The fourth-order valence-corrected chi connectivity index (χ4v) is 2.94. The largest absolute Gasteiger partial charge is 0.417 e. The maximum atomic E-state index is 13.1. The molecule has 2 rings (SSSR count). The van der Waals surface area contributed by atoms with Gasteiger partial charge in [-0.05, 0) is 38.8 Å². The average Bonchev–Trinajstić information content (AvgIpc) is 2.89. The molecule has 1 aromatic carbocycles. The van der Waals surface area contributed by atoms with Crippen molar-refractivity contribution >= 4 is 11.8 Å². The van der Waals surface area contributed by atoms with Gasteiger partial charge in [0.15, 0.2) is 0 Å². The predicted octanol–water partition coefficient (Wildman–Crippen LogP) is 2.84. The Morgan fingerprint density at radius 3 is 2.57 bits per heavy atom. The van der Waals surface area contributed by atoms with Crippen molar-refractivity contribution < 1.29 is 22.8 Å². The summed E-state index contributed by atoms with van der Waals surface area (Å²) in [5, 5.41) is 2.65. The lowest BCUT2D eigenvalue weighted by Gasteiger charge is -2.34. The fourth-order valence-electron chi connectivity index (χ4n) is 2.94. The van der Waals surface area contributed by atoms with Crippen LogP contribution in [0.5, 0.6) is 0 Å². The summed E-state index contributed by atoms with van der Waals surface area (Å²) in [5.74, 6) is -1.10. The molecule has 23 heavy (non-hydrogen) atoms. The van der Waals surface area contributed by atoms with Gasteiger partial charge in [0, 0.05) is 13.1 Å². The molecule has 1 aromatic rings. The topological polar surface area (TPSA) is 49.4 Å². The molecule has 7 heteroatoms. The Labute approximate surface area is 132 Å². The van der Waals surface area contributed by atoms with E-state index >= 15 is 0 Å². The standard InChI is InChI=1S/C16H19F3N2O2/c1-3-20-14(23)15(2)9-6-10-21(15)13(22)11-7-4-5-8-12(11)16(17,18)19/h4-5,7-8H,3,6,9-10H2,1-2H3,(H,20,23). The highest BCUT2D eigenvalue weighted by molar-refractivity contribution is 6.00. The molecule has 1 aliphatic rings. The van der Waals surface area contributed by atoms with Gasteiger partial charge in [-0.3, -0.25) is 9.59 Å². The molecular formula is C16H19F3N2O2. The average molecular weight is 328 g/mol. The first kappa shape index (κ1) is 17.3. The molecule has 1 unspecified atom stereocenters. The van der Waals surface area contributed by atoms with Gasteiger partial charge in [0.05, 0.1) is 11.1 Å². The Morgan fingerprint density at radius 1 is 1.30 bits per heavy atom. The first-order valence-electron chi connectivity index (χ1n) is 7.48. The van der Waals surface area contributed by atoms with Crippen molar-refractivity contribution in [3.63, 3.8) is 0 Å². The zero-order valence-electron chi connectivity index (χ0n) is 13.0. The lowest BCUT2D eigenvalue weighted by Crippen LogP contribution is -2.55. The molecule has 0 aliphatic carbocycles. The van der Waals surface area contributed by atoms with Crippen LogP contribution in [0, 0.1) is 0 Å². The van der Waals surface area contributed by atoms with Crippen LogP contribution in [0.15, 0.2) is 24.3 Å². The molecule has 0 spiro atoms. The number of likely N-dealkylation sites (tertiary alicyclic amines) is 1. The molecule has 1 N–H and O–H groups in total. The summed E-state index contributed by atoms with van der Waals surface area (Å²) in [6, 6.07) is 4.67. The zero-order valence-corrected chi connectivity index (χ0v) is 13.0. The minimum Gasteiger partial charge on any atom is -0.354 e. The van der Waals surface area contributed by atoms with Gasteiger partial charge in [-0.15, -0.1) is 0 Å². The van der Waals surface area contributed by atoms with E-state index in [4.69, 9.17) is 0 Å². The van der Waals surface area contributed by atoms with E-state index in [9.17, 15) is 22.8 Å². The van der Waals surface area contributed by atoms with E-state index in [1.165, 1.54) is 17.0 Å². The number of carbonyl (C=O) groups is 2. The summed E-state index contributed by atoms with van der Waals surface area (Å²) in [5.41, 5.74) is -2.52. The van der Waals surface area contributed by atoms with Crippen LogP contribution in [0.3, 0.4) is 0 Å². The second-order valence-electron chi connectivity index (χ2n) is 5.74. The molecular weight excluding hydrogens is 309 g/mol. The minimum atomic E-state index is -4.62. The Hall–Kier alpha value is -2.05. The molecule has 1 heterocycles. The van der Waals surface area contributed by atoms with Gasteiger partial charge in [-0.25, -0.2) is 0 Å². The van der Waals surface area contributed by atoms with E-state index < -0.39 is 28.7 Å². The third-order valence-electron chi connectivity index (χ3n) is 4.18. The fraction of sp³-hybridized carbons (Fsp3) is 0.500. The van der Waals surface area contributed by atoms with E-state index in [2.05, 4.69) is 5.32 Å². The summed E-state index contributed by atoms with van der Waals surface area (Å²) in [6.07, 6.45) is -3.61. The van der Waals surface area contributed by atoms with Crippen LogP contribution in [-0.2, 0) is 11.0 Å². The van der Waals surface area contributed by atoms with E-state index in [-0.39, 0.29) is 12.5 Å². The lowest BCUT2D eigenvalue weighted by atomic mass is 9.96. The number of nitrogens with zero attached hydrogens (tertiary/aromatic N) is 1. The lowest BCUT2D eigenvalue weighted by molar-refractivity contribution is -0.138. The molecule has 0 radical (unpaired) electrons. The number of carbonyl (C=O) groups excluding carboxylic acids is 2. The highest BCUT2D eigenvalue weighted by atomic mass is 19.4. The highest BCUT2D eigenvalue weighted by Crippen LogP contribution is 2.35. The van der Waals surface area contributed by atoms with Crippen LogP contribution >= 0.6 is 0 Å². The second kappa shape index (κ2) is 6.22. The normalized spacial score (nSPS) is 21.3. The van der Waals surface area contributed by atoms with E-state index in [0.29, 0.717) is 19.4 Å². The Balaban J connectivity index is 2.39. The van der Waals surface area contributed by atoms with Crippen LogP contribution in [-0.4, -0.2) is 35.3 Å². The van der Waals surface area contributed by atoms with Crippen molar-refractivity contribution in [2.45, 2.75) is 38.4 Å². The number of alkyl halides is 3. The van der Waals surface area contributed by atoms with Gasteiger partial charge < -0.3 is 10.2 Å². The van der Waals surface area contributed by atoms with Crippen molar-refractivity contribution in [3.05, 3.63) is 35.4 Å². The summed E-state index contributed by atoms with van der Waals surface area (Å²) in [7, 11) is 0. The summed E-state index contributed by atoms with van der Waals surface area (Å²) < 4.78 is 39.4. The van der Waals surface area contributed by atoms with Crippen molar-refractivity contribution in [1.29, 1.82) is 0 Å². The van der Waals surface area contributed by atoms with Crippen LogP contribution in [0.25, 0.3) is 0 Å².